The number of hydrogen-bond donors (Lipinski definition) is 4. The number of ether oxygens (including phenoxy) is 1. The highest BCUT2D eigenvalue weighted by Crippen LogP contribution is 2.43. The summed E-state index contributed by atoms with van der Waals surface area (Å²) in [5.41, 5.74) is 0. The minimum Gasteiger partial charge on any atom is -0.480 e. The van der Waals surface area contributed by atoms with E-state index in [1.54, 1.807) is 0 Å². The molecule has 11 nitrogen and oxygen atoms in total. The van der Waals surface area contributed by atoms with Gasteiger partial charge in [-0.3, -0.25) is 18.6 Å². The van der Waals surface area contributed by atoms with Crippen LogP contribution in [0.5, 0.6) is 0 Å². The molecule has 68 heavy (non-hydrogen) atoms. The Balaban J connectivity index is 3.85. The van der Waals surface area contributed by atoms with Crippen LogP contribution in [0.2, 0.25) is 0 Å². The monoisotopic (exact) mass is 974 g/mol. The van der Waals surface area contributed by atoms with E-state index in [4.69, 9.17) is 13.8 Å². The van der Waals surface area contributed by atoms with Gasteiger partial charge in [0.2, 0.25) is 5.91 Å². The van der Waals surface area contributed by atoms with Gasteiger partial charge in [-0.25, -0.2) is 9.36 Å². The van der Waals surface area contributed by atoms with Gasteiger partial charge in [0.1, 0.15) is 12.7 Å². The second-order valence-electron chi connectivity index (χ2n) is 17.7. The molecule has 1 amide bonds. The summed E-state index contributed by atoms with van der Waals surface area (Å²) in [6, 6.07) is -1.56. The fraction of sp³-hybridized carbons (Fsp3) is 0.696. The Labute approximate surface area is 413 Å². The average molecular weight is 974 g/mol. The number of carboxylic acids is 1. The lowest BCUT2D eigenvalue weighted by molar-refractivity contribution is -0.147. The zero-order valence-electron chi connectivity index (χ0n) is 42.6. The zero-order chi connectivity index (χ0) is 49.9. The lowest BCUT2D eigenvalue weighted by Crippen LogP contribution is -2.43. The minimum atomic E-state index is -4.77. The molecule has 0 fully saturated rings. The number of amides is 1. The van der Waals surface area contributed by atoms with Crippen molar-refractivity contribution in [2.75, 3.05) is 19.8 Å². The van der Waals surface area contributed by atoms with Gasteiger partial charge >= 0.3 is 19.8 Å². The van der Waals surface area contributed by atoms with Crippen molar-refractivity contribution >= 4 is 25.7 Å². The summed E-state index contributed by atoms with van der Waals surface area (Å²) in [7, 11) is -4.77. The molecular weight excluding hydrogens is 878 g/mol. The molecule has 0 aliphatic rings. The van der Waals surface area contributed by atoms with Gasteiger partial charge in [-0.05, 0) is 89.9 Å². The van der Waals surface area contributed by atoms with Gasteiger partial charge in [-0.2, -0.15) is 0 Å². The number of esters is 1. The van der Waals surface area contributed by atoms with Crippen LogP contribution in [0.3, 0.4) is 0 Å². The normalized spacial score (nSPS) is 14.2. The zero-order valence-corrected chi connectivity index (χ0v) is 43.5. The first-order valence-electron chi connectivity index (χ1n) is 26.6. The van der Waals surface area contributed by atoms with E-state index in [1.807, 2.05) is 0 Å². The third kappa shape index (κ3) is 49.1. The number of allylic oxidation sites excluding steroid dienone is 14. The Kier molecular flexibility index (Phi) is 47.6. The summed E-state index contributed by atoms with van der Waals surface area (Å²) >= 11 is 0. The number of nitrogens with one attached hydrogen (secondary N) is 1. The first kappa shape index (κ1) is 64.7. The maximum atomic E-state index is 12.4. The smallest absolute Gasteiger partial charge is 0.472 e. The molecule has 0 saturated heterocycles. The summed E-state index contributed by atoms with van der Waals surface area (Å²) in [4.78, 5) is 46.2. The fourth-order valence-corrected chi connectivity index (χ4v) is 7.85. The van der Waals surface area contributed by atoms with Gasteiger partial charge in [0.15, 0.2) is 6.04 Å². The summed E-state index contributed by atoms with van der Waals surface area (Å²) in [6.07, 6.45) is 63.1. The molecule has 0 radical (unpaired) electrons. The Hall–Kier alpha value is -3.34. The Morgan fingerprint density at radius 2 is 0.853 bits per heavy atom. The van der Waals surface area contributed by atoms with Gasteiger partial charge in [0.05, 0.1) is 13.2 Å². The number of unbranched alkanes of at least 4 members (excludes halogenated alkanes) is 21. The summed E-state index contributed by atoms with van der Waals surface area (Å²) in [5, 5.41) is 21.9. The van der Waals surface area contributed by atoms with Crippen molar-refractivity contribution in [2.24, 2.45) is 0 Å². The number of aliphatic carboxylic acids is 1. The van der Waals surface area contributed by atoms with Crippen LogP contribution in [0.1, 0.15) is 219 Å². The quantitative estimate of drug-likeness (QED) is 0.0199. The van der Waals surface area contributed by atoms with Gasteiger partial charge in [0, 0.05) is 12.8 Å². The van der Waals surface area contributed by atoms with Crippen LogP contribution in [0.15, 0.2) is 85.1 Å². The third-order valence-corrected chi connectivity index (χ3v) is 12.1. The van der Waals surface area contributed by atoms with Crippen LogP contribution >= 0.6 is 7.82 Å². The van der Waals surface area contributed by atoms with Gasteiger partial charge in [-0.1, -0.05) is 202 Å². The van der Waals surface area contributed by atoms with Crippen molar-refractivity contribution in [2.45, 2.75) is 231 Å². The van der Waals surface area contributed by atoms with Crippen LogP contribution in [-0.4, -0.2) is 64.9 Å². The molecule has 390 valence electrons. The van der Waals surface area contributed by atoms with Crippen LogP contribution < -0.4 is 5.32 Å². The lowest BCUT2D eigenvalue weighted by atomic mass is 10.0. The largest absolute Gasteiger partial charge is 0.480 e. The number of aliphatic hydroxyl groups is 1. The minimum absolute atomic E-state index is 0.128. The van der Waals surface area contributed by atoms with Crippen molar-refractivity contribution in [1.29, 1.82) is 0 Å². The molecule has 0 bridgehead atoms. The molecule has 0 aliphatic heterocycles. The highest BCUT2D eigenvalue weighted by molar-refractivity contribution is 7.47. The number of phosphoric acid groups is 1. The molecule has 3 atom stereocenters. The predicted octanol–water partition coefficient (Wildman–Crippen LogP) is 15.0. The molecule has 0 spiro atoms. The molecule has 0 aliphatic carbocycles. The van der Waals surface area contributed by atoms with Crippen molar-refractivity contribution in [1.82, 2.24) is 5.32 Å². The van der Waals surface area contributed by atoms with E-state index in [0.29, 0.717) is 12.8 Å². The Bertz CT molecular complexity index is 1470. The maximum absolute atomic E-state index is 12.4. The average Bonchev–Trinajstić information content (AvgIpc) is 3.32. The number of aliphatic hydroxyl groups excluding tert-OH is 1. The van der Waals surface area contributed by atoms with E-state index < -0.39 is 57.6 Å². The fourth-order valence-electron chi connectivity index (χ4n) is 7.08. The first-order valence-corrected chi connectivity index (χ1v) is 28.1. The second-order valence-corrected chi connectivity index (χ2v) is 19.1. The van der Waals surface area contributed by atoms with Crippen LogP contribution in [0.4, 0.5) is 0 Å². The molecule has 0 heterocycles. The number of carboxylic acid groups (broad SMARTS) is 1. The first-order chi connectivity index (χ1) is 33.1. The molecule has 0 aromatic rings. The number of rotatable bonds is 49. The van der Waals surface area contributed by atoms with Crippen LogP contribution in [-0.2, 0) is 32.7 Å². The molecule has 0 saturated carbocycles. The molecule has 0 aromatic heterocycles. The lowest BCUT2D eigenvalue weighted by Gasteiger charge is -2.18. The summed E-state index contributed by atoms with van der Waals surface area (Å²) < 4.78 is 27.0. The van der Waals surface area contributed by atoms with Crippen molar-refractivity contribution in [3.05, 3.63) is 85.1 Å². The number of carbonyl (C=O) groups is 3. The number of carbonyl (C=O) groups excluding carboxylic acids is 2. The maximum Gasteiger partial charge on any atom is 0.472 e. The van der Waals surface area contributed by atoms with Crippen LogP contribution in [0.25, 0.3) is 0 Å². The Morgan fingerprint density at radius 3 is 1.28 bits per heavy atom. The van der Waals surface area contributed by atoms with Gasteiger partial charge in [0.25, 0.3) is 0 Å². The molecule has 0 aromatic carbocycles. The van der Waals surface area contributed by atoms with Crippen molar-refractivity contribution < 1.29 is 47.8 Å². The topological polar surface area (TPSA) is 169 Å². The van der Waals surface area contributed by atoms with Gasteiger partial charge in [-0.15, -0.1) is 0 Å². The molecule has 3 unspecified atom stereocenters. The molecule has 0 rings (SSSR count). The van der Waals surface area contributed by atoms with E-state index >= 15 is 0 Å². The molecule has 12 heteroatoms. The van der Waals surface area contributed by atoms with Crippen molar-refractivity contribution in [3.63, 3.8) is 0 Å². The number of phosphoric ester groups is 1. The molecular formula is C56H96NO10P. The van der Waals surface area contributed by atoms with E-state index in [0.717, 1.165) is 103 Å². The van der Waals surface area contributed by atoms with Gasteiger partial charge < -0.3 is 25.2 Å². The van der Waals surface area contributed by atoms with E-state index in [-0.39, 0.29) is 12.8 Å². The number of hydrogen-bond acceptors (Lipinski definition) is 8. The molecule has 4 N–H and O–H groups in total. The Morgan fingerprint density at radius 1 is 0.485 bits per heavy atom. The van der Waals surface area contributed by atoms with E-state index in [2.05, 4.69) is 104 Å². The highest BCUT2D eigenvalue weighted by atomic mass is 31.2. The second kappa shape index (κ2) is 50.1. The SMILES string of the molecule is CC/C=C\C/C=C\C/C=C\C/C=C\C/C=C\CCCCCCCCCC(=O)NC(COP(=O)(O)OCC(O)COC(=O)CCCCCCCCCCCCC/C=C\C/C=C\CCCCC)C(=O)O. The standard InChI is InChI=1S/C56H96NO10P/c1-3-5-7-9-11-13-15-17-19-21-23-25-26-28-29-31-33-35-37-39-41-43-45-47-54(59)57-53(56(61)62)51-67-68(63,64)66-50-52(58)49-65-55(60)48-46-44-42-40-38-36-34-32-30-27-24-22-20-18-16-14-12-10-8-6-4-2/h5,7,11-14,17-20,23,25,28-29,52-53,58H,3-4,6,8-10,15-16,21-22,24,26-27,30-51H2,1-2H3,(H,57,59)(H,61,62)(H,63,64)/b7-5-,13-11-,14-12-,19-17-,20-18-,25-23-,29-28-. The third-order valence-electron chi connectivity index (χ3n) is 11.2. The van der Waals surface area contributed by atoms with E-state index in [1.165, 1.54) is 77.0 Å². The van der Waals surface area contributed by atoms with E-state index in [9.17, 15) is 34.1 Å². The van der Waals surface area contributed by atoms with Crippen molar-refractivity contribution in [3.8, 4) is 0 Å². The highest BCUT2D eigenvalue weighted by Gasteiger charge is 2.28. The summed E-state index contributed by atoms with van der Waals surface area (Å²) in [5.74, 6) is -2.39. The predicted molar refractivity (Wildman–Crippen MR) is 281 cm³/mol. The summed E-state index contributed by atoms with van der Waals surface area (Å²) in [6.45, 7) is 2.47. The van der Waals surface area contributed by atoms with Crippen LogP contribution in [0, 0.1) is 0 Å².